The third kappa shape index (κ3) is 5.46. The van der Waals surface area contributed by atoms with Crippen LogP contribution in [0.15, 0.2) is 48.5 Å². The van der Waals surface area contributed by atoms with E-state index in [-0.39, 0.29) is 5.91 Å². The average Bonchev–Trinajstić information content (AvgIpc) is 2.62. The van der Waals surface area contributed by atoms with E-state index in [2.05, 4.69) is 0 Å². The number of benzene rings is 2. The van der Waals surface area contributed by atoms with E-state index in [1.54, 1.807) is 36.3 Å². The Kier molecular flexibility index (Phi) is 6.94. The zero-order chi connectivity index (χ0) is 17.4. The molecular formula is C19H22ClNO3. The Morgan fingerprint density at radius 1 is 1.08 bits per heavy atom. The van der Waals surface area contributed by atoms with E-state index in [1.807, 2.05) is 31.3 Å². The average molecular weight is 348 g/mol. The summed E-state index contributed by atoms with van der Waals surface area (Å²) in [5.74, 6) is 1.48. The topological polar surface area (TPSA) is 38.8 Å². The van der Waals surface area contributed by atoms with Gasteiger partial charge in [0.25, 0.3) is 5.91 Å². The van der Waals surface area contributed by atoms with Crippen LogP contribution in [-0.2, 0) is 0 Å². The highest BCUT2D eigenvalue weighted by molar-refractivity contribution is 6.30. The first kappa shape index (κ1) is 18.1. The number of halogens is 1. The van der Waals surface area contributed by atoms with Gasteiger partial charge in [0.2, 0.25) is 0 Å². The molecule has 2 aromatic rings. The minimum Gasteiger partial charge on any atom is -0.497 e. The van der Waals surface area contributed by atoms with Crippen molar-refractivity contribution >= 4 is 17.5 Å². The third-order valence-electron chi connectivity index (χ3n) is 3.63. The zero-order valence-corrected chi connectivity index (χ0v) is 14.8. The van der Waals surface area contributed by atoms with Crippen molar-refractivity contribution in [2.24, 2.45) is 0 Å². The minimum absolute atomic E-state index is 0.00693. The van der Waals surface area contributed by atoms with Gasteiger partial charge in [-0.05, 0) is 55.3 Å². The molecule has 0 aliphatic carbocycles. The van der Waals surface area contributed by atoms with Crippen LogP contribution in [0.5, 0.6) is 11.5 Å². The van der Waals surface area contributed by atoms with Crippen LogP contribution in [0.25, 0.3) is 0 Å². The van der Waals surface area contributed by atoms with E-state index >= 15 is 0 Å². The van der Waals surface area contributed by atoms with E-state index in [0.29, 0.717) is 29.5 Å². The van der Waals surface area contributed by atoms with Gasteiger partial charge in [-0.25, -0.2) is 0 Å². The maximum atomic E-state index is 12.4. The van der Waals surface area contributed by atoms with Crippen LogP contribution in [0, 0.1) is 0 Å². The van der Waals surface area contributed by atoms with Crippen molar-refractivity contribution < 1.29 is 14.3 Å². The largest absolute Gasteiger partial charge is 0.497 e. The number of carbonyl (C=O) groups is 1. The first-order valence-electron chi connectivity index (χ1n) is 7.88. The smallest absolute Gasteiger partial charge is 0.253 e. The molecule has 2 aromatic carbocycles. The molecule has 2 rings (SSSR count). The van der Waals surface area contributed by atoms with Gasteiger partial charge in [0.05, 0.1) is 13.7 Å². The Balaban J connectivity index is 1.71. The summed E-state index contributed by atoms with van der Waals surface area (Å²) in [6.45, 7) is 1.29. The highest BCUT2D eigenvalue weighted by Crippen LogP contribution is 2.16. The zero-order valence-electron chi connectivity index (χ0n) is 14.0. The number of methoxy groups -OCH3 is 1. The summed E-state index contributed by atoms with van der Waals surface area (Å²) in [5, 5.41) is 0.694. The van der Waals surface area contributed by atoms with Gasteiger partial charge in [0, 0.05) is 24.2 Å². The predicted octanol–water partition coefficient (Wildman–Crippen LogP) is 4.28. The van der Waals surface area contributed by atoms with Crippen molar-refractivity contribution in [3.63, 3.8) is 0 Å². The standard InChI is InChI=1S/C19H22ClNO3/c1-21(19(22)15-6-5-7-18(14-15)23-2)12-3-4-13-24-17-10-8-16(20)9-11-17/h5-11,14H,3-4,12-13H2,1-2H3. The van der Waals surface area contributed by atoms with E-state index in [4.69, 9.17) is 21.1 Å². The first-order valence-corrected chi connectivity index (χ1v) is 8.26. The number of hydrogen-bond acceptors (Lipinski definition) is 3. The number of hydrogen-bond donors (Lipinski definition) is 0. The second-order valence-electron chi connectivity index (χ2n) is 5.47. The highest BCUT2D eigenvalue weighted by atomic mass is 35.5. The summed E-state index contributed by atoms with van der Waals surface area (Å²) >= 11 is 5.83. The van der Waals surface area contributed by atoms with Gasteiger partial charge in [0.1, 0.15) is 11.5 Å². The quantitative estimate of drug-likeness (QED) is 0.669. The van der Waals surface area contributed by atoms with Crippen LogP contribution in [0.3, 0.4) is 0 Å². The van der Waals surface area contributed by atoms with Gasteiger partial charge in [0.15, 0.2) is 0 Å². The maximum Gasteiger partial charge on any atom is 0.253 e. The fraction of sp³-hybridized carbons (Fsp3) is 0.316. The van der Waals surface area contributed by atoms with Crippen molar-refractivity contribution in [3.05, 3.63) is 59.1 Å². The Morgan fingerprint density at radius 2 is 1.83 bits per heavy atom. The summed E-state index contributed by atoms with van der Waals surface area (Å²) in [6.07, 6.45) is 1.75. The highest BCUT2D eigenvalue weighted by Gasteiger charge is 2.11. The van der Waals surface area contributed by atoms with Crippen LogP contribution < -0.4 is 9.47 Å². The molecule has 0 spiro atoms. The van der Waals surface area contributed by atoms with E-state index < -0.39 is 0 Å². The molecule has 0 saturated carbocycles. The molecule has 24 heavy (non-hydrogen) atoms. The molecule has 1 amide bonds. The Bertz CT molecular complexity index is 658. The van der Waals surface area contributed by atoms with Gasteiger partial charge >= 0.3 is 0 Å². The summed E-state index contributed by atoms with van der Waals surface area (Å²) in [4.78, 5) is 14.1. The molecule has 0 radical (unpaired) electrons. The molecular weight excluding hydrogens is 326 g/mol. The summed E-state index contributed by atoms with van der Waals surface area (Å²) in [5.41, 5.74) is 0.634. The summed E-state index contributed by atoms with van der Waals surface area (Å²) < 4.78 is 10.8. The number of amides is 1. The number of carbonyl (C=O) groups excluding carboxylic acids is 1. The molecule has 0 atom stereocenters. The molecule has 0 aliphatic heterocycles. The predicted molar refractivity (Wildman–Crippen MR) is 96.1 cm³/mol. The normalized spacial score (nSPS) is 10.3. The Morgan fingerprint density at radius 3 is 2.54 bits per heavy atom. The molecule has 0 aromatic heterocycles. The van der Waals surface area contributed by atoms with Crippen molar-refractivity contribution in [1.82, 2.24) is 4.90 Å². The number of ether oxygens (including phenoxy) is 2. The number of nitrogens with zero attached hydrogens (tertiary/aromatic N) is 1. The Hall–Kier alpha value is -2.20. The molecule has 0 unspecified atom stereocenters. The molecule has 128 valence electrons. The van der Waals surface area contributed by atoms with Crippen molar-refractivity contribution in [3.8, 4) is 11.5 Å². The van der Waals surface area contributed by atoms with Crippen molar-refractivity contribution in [2.75, 3.05) is 27.3 Å². The van der Waals surface area contributed by atoms with E-state index in [9.17, 15) is 4.79 Å². The van der Waals surface area contributed by atoms with Crippen LogP contribution in [0.1, 0.15) is 23.2 Å². The lowest BCUT2D eigenvalue weighted by molar-refractivity contribution is 0.0790. The minimum atomic E-state index is -0.00693. The number of rotatable bonds is 8. The van der Waals surface area contributed by atoms with Crippen LogP contribution in [0.4, 0.5) is 0 Å². The van der Waals surface area contributed by atoms with Crippen LogP contribution in [-0.4, -0.2) is 38.1 Å². The van der Waals surface area contributed by atoms with Crippen LogP contribution >= 0.6 is 11.6 Å². The molecule has 4 nitrogen and oxygen atoms in total. The molecule has 0 N–H and O–H groups in total. The van der Waals surface area contributed by atoms with E-state index in [0.717, 1.165) is 18.6 Å². The molecule has 0 bridgehead atoms. The second kappa shape index (κ2) is 9.18. The molecule has 0 fully saturated rings. The van der Waals surface area contributed by atoms with Gasteiger partial charge in [-0.1, -0.05) is 17.7 Å². The Labute approximate surface area is 147 Å². The van der Waals surface area contributed by atoms with Gasteiger partial charge < -0.3 is 14.4 Å². The second-order valence-corrected chi connectivity index (χ2v) is 5.90. The lowest BCUT2D eigenvalue weighted by Crippen LogP contribution is -2.28. The van der Waals surface area contributed by atoms with Crippen molar-refractivity contribution in [1.29, 1.82) is 0 Å². The monoisotopic (exact) mass is 347 g/mol. The lowest BCUT2D eigenvalue weighted by atomic mass is 10.2. The summed E-state index contributed by atoms with van der Waals surface area (Å²) in [6, 6.07) is 14.5. The maximum absolute atomic E-state index is 12.4. The fourth-order valence-electron chi connectivity index (χ4n) is 2.25. The molecule has 0 heterocycles. The SMILES string of the molecule is COc1cccc(C(=O)N(C)CCCCOc2ccc(Cl)cc2)c1. The summed E-state index contributed by atoms with van der Waals surface area (Å²) in [7, 11) is 3.40. The van der Waals surface area contributed by atoms with Gasteiger partial charge in [-0.15, -0.1) is 0 Å². The fourth-order valence-corrected chi connectivity index (χ4v) is 2.38. The van der Waals surface area contributed by atoms with Crippen LogP contribution in [0.2, 0.25) is 5.02 Å². The van der Waals surface area contributed by atoms with Crippen molar-refractivity contribution in [2.45, 2.75) is 12.8 Å². The molecule has 5 heteroatoms. The molecule has 0 saturated heterocycles. The van der Waals surface area contributed by atoms with E-state index in [1.165, 1.54) is 0 Å². The third-order valence-corrected chi connectivity index (χ3v) is 3.89. The number of unbranched alkanes of at least 4 members (excludes halogenated alkanes) is 1. The molecule has 0 aliphatic rings. The lowest BCUT2D eigenvalue weighted by Gasteiger charge is -2.17. The first-order chi connectivity index (χ1) is 11.6. The van der Waals surface area contributed by atoms with Gasteiger partial charge in [-0.2, -0.15) is 0 Å². The van der Waals surface area contributed by atoms with Gasteiger partial charge in [-0.3, -0.25) is 4.79 Å².